The van der Waals surface area contributed by atoms with Gasteiger partial charge >= 0.3 is 0 Å². The highest BCUT2D eigenvalue weighted by Crippen LogP contribution is 2.28. The SMILES string of the molecule is CCC(CC)(C(=O)NC(C)c1ccc(Cl)cc1)C(N)=S. The van der Waals surface area contributed by atoms with Gasteiger partial charge in [0.15, 0.2) is 0 Å². The van der Waals surface area contributed by atoms with Gasteiger partial charge in [0, 0.05) is 5.02 Å². The lowest BCUT2D eigenvalue weighted by Gasteiger charge is -2.30. The van der Waals surface area contributed by atoms with Crippen LogP contribution in [0.4, 0.5) is 0 Å². The van der Waals surface area contributed by atoms with Crippen molar-refractivity contribution >= 4 is 34.7 Å². The van der Waals surface area contributed by atoms with Crippen molar-refractivity contribution in [3.05, 3.63) is 34.9 Å². The molecule has 110 valence electrons. The largest absolute Gasteiger partial charge is 0.392 e. The normalized spacial score (nSPS) is 12.8. The number of nitrogens with two attached hydrogens (primary N) is 1. The Kier molecular flexibility index (Phi) is 5.96. The minimum absolute atomic E-state index is 0.113. The number of carbonyl (C=O) groups is 1. The van der Waals surface area contributed by atoms with Gasteiger partial charge in [-0.1, -0.05) is 49.8 Å². The first kappa shape index (κ1) is 16.9. The molecule has 1 atom stereocenters. The summed E-state index contributed by atoms with van der Waals surface area (Å²) < 4.78 is 0. The Morgan fingerprint density at radius 1 is 1.35 bits per heavy atom. The van der Waals surface area contributed by atoms with Crippen LogP contribution in [-0.4, -0.2) is 10.9 Å². The fourth-order valence-electron chi connectivity index (χ4n) is 2.20. The van der Waals surface area contributed by atoms with Crippen molar-refractivity contribution in [3.63, 3.8) is 0 Å². The number of halogens is 1. The number of rotatable bonds is 6. The molecule has 0 spiro atoms. The van der Waals surface area contributed by atoms with Crippen LogP contribution in [0.5, 0.6) is 0 Å². The van der Waals surface area contributed by atoms with Crippen molar-refractivity contribution < 1.29 is 4.79 Å². The van der Waals surface area contributed by atoms with E-state index >= 15 is 0 Å². The van der Waals surface area contributed by atoms with Gasteiger partial charge in [-0.05, 0) is 37.5 Å². The third kappa shape index (κ3) is 3.49. The van der Waals surface area contributed by atoms with E-state index in [1.54, 1.807) is 12.1 Å². The van der Waals surface area contributed by atoms with Gasteiger partial charge in [0.1, 0.15) is 0 Å². The van der Waals surface area contributed by atoms with Gasteiger partial charge in [-0.3, -0.25) is 4.79 Å². The summed E-state index contributed by atoms with van der Waals surface area (Å²) in [4.78, 5) is 12.8. The lowest BCUT2D eigenvalue weighted by atomic mass is 9.81. The lowest BCUT2D eigenvalue weighted by molar-refractivity contribution is -0.128. The van der Waals surface area contributed by atoms with Crippen molar-refractivity contribution in [2.24, 2.45) is 11.1 Å². The zero-order chi connectivity index (χ0) is 15.3. The van der Waals surface area contributed by atoms with Crippen molar-refractivity contribution in [2.45, 2.75) is 39.7 Å². The van der Waals surface area contributed by atoms with E-state index in [9.17, 15) is 4.79 Å². The van der Waals surface area contributed by atoms with E-state index in [0.29, 0.717) is 17.9 Å². The Morgan fingerprint density at radius 3 is 2.25 bits per heavy atom. The smallest absolute Gasteiger partial charge is 0.233 e. The molecule has 1 aromatic carbocycles. The monoisotopic (exact) mass is 312 g/mol. The first-order chi connectivity index (χ1) is 9.37. The quantitative estimate of drug-likeness (QED) is 0.789. The molecule has 1 aromatic rings. The number of nitrogens with one attached hydrogen (secondary N) is 1. The zero-order valence-electron chi connectivity index (χ0n) is 12.1. The minimum Gasteiger partial charge on any atom is -0.392 e. The van der Waals surface area contributed by atoms with Crippen LogP contribution in [0.25, 0.3) is 0 Å². The van der Waals surface area contributed by atoms with Crippen molar-refractivity contribution in [2.75, 3.05) is 0 Å². The molecule has 3 N–H and O–H groups in total. The molecule has 1 rings (SSSR count). The van der Waals surface area contributed by atoms with Crippen molar-refractivity contribution in [1.29, 1.82) is 0 Å². The predicted octanol–water partition coefficient (Wildman–Crippen LogP) is 3.61. The molecule has 0 heterocycles. The van der Waals surface area contributed by atoms with Crippen LogP contribution in [0.1, 0.15) is 45.2 Å². The molecule has 0 aliphatic rings. The van der Waals surface area contributed by atoms with Crippen LogP contribution < -0.4 is 11.1 Å². The molecule has 3 nitrogen and oxygen atoms in total. The van der Waals surface area contributed by atoms with Gasteiger partial charge in [0.2, 0.25) is 5.91 Å². The van der Waals surface area contributed by atoms with Gasteiger partial charge < -0.3 is 11.1 Å². The van der Waals surface area contributed by atoms with Crippen LogP contribution in [-0.2, 0) is 4.79 Å². The highest BCUT2D eigenvalue weighted by molar-refractivity contribution is 7.80. The second-order valence-corrected chi connectivity index (χ2v) is 5.78. The summed E-state index contributed by atoms with van der Waals surface area (Å²) in [6.07, 6.45) is 1.19. The Morgan fingerprint density at radius 2 is 1.85 bits per heavy atom. The van der Waals surface area contributed by atoms with E-state index in [4.69, 9.17) is 29.6 Å². The molecule has 5 heteroatoms. The maximum Gasteiger partial charge on any atom is 0.233 e. The second-order valence-electron chi connectivity index (χ2n) is 4.90. The molecular formula is C15H21ClN2OS. The molecule has 1 unspecified atom stereocenters. The molecule has 0 bridgehead atoms. The molecule has 0 fully saturated rings. The van der Waals surface area contributed by atoms with Crippen LogP contribution in [0.15, 0.2) is 24.3 Å². The number of hydrogen-bond donors (Lipinski definition) is 2. The molecule has 1 amide bonds. The summed E-state index contributed by atoms with van der Waals surface area (Å²) in [5.74, 6) is -0.113. The van der Waals surface area contributed by atoms with Gasteiger partial charge in [0.05, 0.1) is 16.4 Å². The third-order valence-electron chi connectivity index (χ3n) is 3.83. The Hall–Kier alpha value is -1.13. The van der Waals surface area contributed by atoms with Crippen molar-refractivity contribution in [3.8, 4) is 0 Å². The van der Waals surface area contributed by atoms with Crippen LogP contribution >= 0.6 is 23.8 Å². The van der Waals surface area contributed by atoms with Gasteiger partial charge in [0.25, 0.3) is 0 Å². The maximum atomic E-state index is 12.5. The first-order valence-electron chi connectivity index (χ1n) is 6.73. The number of amides is 1. The summed E-state index contributed by atoms with van der Waals surface area (Å²) in [6, 6.07) is 7.29. The minimum atomic E-state index is -0.768. The maximum absolute atomic E-state index is 12.5. The van der Waals surface area contributed by atoms with E-state index < -0.39 is 5.41 Å². The summed E-state index contributed by atoms with van der Waals surface area (Å²) in [7, 11) is 0. The van der Waals surface area contributed by atoms with Crippen molar-refractivity contribution in [1.82, 2.24) is 5.32 Å². The average molecular weight is 313 g/mol. The molecule has 0 radical (unpaired) electrons. The van der Waals surface area contributed by atoms with Crippen LogP contribution in [0.3, 0.4) is 0 Å². The fourth-order valence-corrected chi connectivity index (χ4v) is 2.71. The second kappa shape index (κ2) is 7.04. The summed E-state index contributed by atoms with van der Waals surface area (Å²) in [6.45, 7) is 5.78. The van der Waals surface area contributed by atoms with E-state index in [0.717, 1.165) is 5.56 Å². The van der Waals surface area contributed by atoms with Crippen LogP contribution in [0, 0.1) is 5.41 Å². The van der Waals surface area contributed by atoms with E-state index in [1.807, 2.05) is 32.9 Å². The molecule has 0 saturated carbocycles. The molecule has 0 aliphatic heterocycles. The van der Waals surface area contributed by atoms with E-state index in [2.05, 4.69) is 5.32 Å². The number of carbonyl (C=O) groups excluding carboxylic acids is 1. The molecular weight excluding hydrogens is 292 g/mol. The summed E-state index contributed by atoms with van der Waals surface area (Å²) in [5, 5.41) is 3.66. The lowest BCUT2D eigenvalue weighted by Crippen LogP contribution is -2.48. The Bertz CT molecular complexity index is 483. The first-order valence-corrected chi connectivity index (χ1v) is 7.52. The van der Waals surface area contributed by atoms with Gasteiger partial charge in [-0.15, -0.1) is 0 Å². The molecule has 0 aliphatic carbocycles. The molecule has 0 aromatic heterocycles. The Labute approximate surface area is 130 Å². The summed E-state index contributed by atoms with van der Waals surface area (Å²) >= 11 is 11.0. The predicted molar refractivity (Wildman–Crippen MR) is 87.8 cm³/mol. The van der Waals surface area contributed by atoms with Crippen LogP contribution in [0.2, 0.25) is 5.02 Å². The zero-order valence-corrected chi connectivity index (χ0v) is 13.6. The molecule has 0 saturated heterocycles. The topological polar surface area (TPSA) is 55.1 Å². The molecule has 20 heavy (non-hydrogen) atoms. The van der Waals surface area contributed by atoms with Gasteiger partial charge in [-0.2, -0.15) is 0 Å². The van der Waals surface area contributed by atoms with E-state index in [1.165, 1.54) is 0 Å². The number of thiocarbonyl (C=S) groups is 1. The highest BCUT2D eigenvalue weighted by atomic mass is 35.5. The van der Waals surface area contributed by atoms with E-state index in [-0.39, 0.29) is 16.9 Å². The third-order valence-corrected chi connectivity index (χ3v) is 4.47. The number of benzene rings is 1. The number of hydrogen-bond acceptors (Lipinski definition) is 2. The summed E-state index contributed by atoms with van der Waals surface area (Å²) in [5.41, 5.74) is 6.01. The highest BCUT2D eigenvalue weighted by Gasteiger charge is 2.38. The Balaban J connectivity index is 2.88. The standard InChI is InChI=1S/C15H21ClN2OS/c1-4-15(5-2,13(17)20)14(19)18-10(3)11-6-8-12(16)9-7-11/h6-10H,4-5H2,1-3H3,(H2,17,20)(H,18,19). The van der Waals surface area contributed by atoms with Gasteiger partial charge in [-0.25, -0.2) is 0 Å². The average Bonchev–Trinajstić information content (AvgIpc) is 2.41. The fraction of sp³-hybridized carbons (Fsp3) is 0.467.